The molecule has 2 aromatic heterocycles. The Bertz CT molecular complexity index is 955. The second-order valence-electron chi connectivity index (χ2n) is 6.09. The average Bonchev–Trinajstić information content (AvgIpc) is 3.09. The predicted octanol–water partition coefficient (Wildman–Crippen LogP) is -0.232. The van der Waals surface area contributed by atoms with E-state index in [4.69, 9.17) is 36.6 Å². The third-order valence-corrected chi connectivity index (χ3v) is 5.35. The number of nitrogen functional groups attached to an aromatic ring is 1. The normalized spacial score (nSPS) is 26.6. The number of Topliss-reactive ketones (excluding diaryl/α,β-unsaturated/α-hetero) is 1. The number of nitrogens with zero attached hydrogens (tertiary/aromatic N) is 4. The Morgan fingerprint density at radius 3 is 2.82 bits per heavy atom. The van der Waals surface area contributed by atoms with Gasteiger partial charge in [-0.15, -0.1) is 0 Å². The summed E-state index contributed by atoms with van der Waals surface area (Å²) in [4.78, 5) is 41.3. The van der Waals surface area contributed by atoms with Gasteiger partial charge in [0.05, 0.1) is 12.9 Å². The van der Waals surface area contributed by atoms with Gasteiger partial charge in [-0.25, -0.2) is 9.37 Å². The number of rotatable bonds is 6. The Kier molecular flexibility index (Phi) is 5.69. The van der Waals surface area contributed by atoms with E-state index in [9.17, 15) is 18.9 Å². The van der Waals surface area contributed by atoms with Crippen molar-refractivity contribution in [3.05, 3.63) is 11.6 Å². The van der Waals surface area contributed by atoms with Gasteiger partial charge in [0.25, 0.3) is 0 Å². The van der Waals surface area contributed by atoms with Crippen LogP contribution in [0, 0.1) is 0 Å². The van der Waals surface area contributed by atoms with Crippen LogP contribution in [0.15, 0.2) is 6.33 Å². The van der Waals surface area contributed by atoms with Gasteiger partial charge in [0, 0.05) is 0 Å². The molecule has 12 nitrogen and oxygen atoms in total. The second-order valence-corrected chi connectivity index (χ2v) is 8.07. The summed E-state index contributed by atoms with van der Waals surface area (Å²) in [5, 5.41) is 9.88. The third kappa shape index (κ3) is 3.87. The third-order valence-electron chi connectivity index (χ3n) is 4.06. The molecule has 3 rings (SSSR count). The van der Waals surface area contributed by atoms with E-state index in [2.05, 4.69) is 15.0 Å². The molecule has 3 heterocycles. The van der Waals surface area contributed by atoms with Crippen LogP contribution in [0.4, 0.5) is 10.2 Å². The molecular formula is C13H16ClFN5O7P. The molecule has 0 bridgehead atoms. The quantitative estimate of drug-likeness (QED) is 0.344. The number of anilines is 1. The largest absolute Gasteiger partial charge is 0.387 e. The van der Waals surface area contributed by atoms with E-state index in [1.165, 1.54) is 6.33 Å². The van der Waals surface area contributed by atoms with Crippen molar-refractivity contribution in [1.82, 2.24) is 19.5 Å². The van der Waals surface area contributed by atoms with Crippen molar-refractivity contribution in [2.75, 3.05) is 12.3 Å². The van der Waals surface area contributed by atoms with Gasteiger partial charge < -0.3 is 30.1 Å². The lowest BCUT2D eigenvalue weighted by Crippen LogP contribution is -2.34. The van der Waals surface area contributed by atoms with Crippen LogP contribution >= 0.6 is 19.2 Å². The van der Waals surface area contributed by atoms with Crippen LogP contribution in [0.2, 0.25) is 5.28 Å². The summed E-state index contributed by atoms with van der Waals surface area (Å²) in [5.74, 6) is -2.99. The summed E-state index contributed by atoms with van der Waals surface area (Å²) in [5.41, 5.74) is 5.90. The first-order valence-corrected chi connectivity index (χ1v) is 9.87. The number of hydrogen-bond donors (Lipinski definition) is 4. The number of carbonyl (C=O) groups excluding carboxylic acids is 1. The molecule has 1 aliphatic rings. The molecule has 154 valence electrons. The number of hydrogen-bond acceptors (Lipinski definition) is 9. The number of alkyl halides is 1. The lowest BCUT2D eigenvalue weighted by molar-refractivity contribution is -0.128. The average molecular weight is 440 g/mol. The van der Waals surface area contributed by atoms with Crippen molar-refractivity contribution < 1.29 is 38.1 Å². The van der Waals surface area contributed by atoms with Crippen molar-refractivity contribution in [3.8, 4) is 0 Å². The van der Waals surface area contributed by atoms with Gasteiger partial charge >= 0.3 is 7.60 Å². The fourth-order valence-electron chi connectivity index (χ4n) is 2.80. The summed E-state index contributed by atoms with van der Waals surface area (Å²) < 4.78 is 37.4. The van der Waals surface area contributed by atoms with E-state index in [1.807, 2.05) is 0 Å². The van der Waals surface area contributed by atoms with E-state index in [0.29, 0.717) is 0 Å². The zero-order valence-electron chi connectivity index (χ0n) is 14.2. The monoisotopic (exact) mass is 439 g/mol. The highest BCUT2D eigenvalue weighted by molar-refractivity contribution is 7.53. The zero-order valence-corrected chi connectivity index (χ0v) is 15.9. The molecule has 0 radical (unpaired) electrons. The lowest BCUT2D eigenvalue weighted by atomic mass is 10.1. The van der Waals surface area contributed by atoms with Gasteiger partial charge in [0.15, 0.2) is 29.6 Å². The molecule has 0 aromatic carbocycles. The standard InChI is InChI=1S/C13H16ClFN5O7P/c1-4(21)12(28(23,24)25)26-2-5-8(22)6(15)11(27-5)20-3-17-7-9(16)18-13(14)19-10(7)20/h3,5-6,8,11-12,22H,2H2,1H3,(H2,16,18,19)(H2,23,24,25)/t5-,6+,8-,11-,12-/m1/s1. The van der Waals surface area contributed by atoms with E-state index < -0.39 is 50.4 Å². The van der Waals surface area contributed by atoms with Crippen molar-refractivity contribution >= 4 is 42.0 Å². The van der Waals surface area contributed by atoms with Gasteiger partial charge in [-0.3, -0.25) is 13.9 Å². The maximum Gasteiger partial charge on any atom is 0.361 e. The van der Waals surface area contributed by atoms with Crippen LogP contribution in [-0.2, 0) is 18.8 Å². The lowest BCUT2D eigenvalue weighted by Gasteiger charge is -2.20. The Morgan fingerprint density at radius 2 is 2.21 bits per heavy atom. The van der Waals surface area contributed by atoms with E-state index in [-0.39, 0.29) is 22.3 Å². The Balaban J connectivity index is 1.81. The van der Waals surface area contributed by atoms with E-state index in [1.54, 1.807) is 0 Å². The number of ether oxygens (including phenoxy) is 2. The smallest absolute Gasteiger partial charge is 0.361 e. The number of imidazole rings is 1. The minimum absolute atomic E-state index is 0.0338. The van der Waals surface area contributed by atoms with Crippen LogP contribution < -0.4 is 5.73 Å². The minimum atomic E-state index is -4.89. The molecule has 5 N–H and O–H groups in total. The molecule has 0 unspecified atom stereocenters. The maximum atomic E-state index is 14.6. The number of carbonyl (C=O) groups is 1. The minimum Gasteiger partial charge on any atom is -0.387 e. The van der Waals surface area contributed by atoms with E-state index in [0.717, 1.165) is 11.5 Å². The van der Waals surface area contributed by atoms with Crippen LogP contribution in [0.1, 0.15) is 13.2 Å². The van der Waals surface area contributed by atoms with Gasteiger partial charge in [0.1, 0.15) is 17.7 Å². The molecule has 1 aliphatic heterocycles. The fraction of sp³-hybridized carbons (Fsp3) is 0.538. The summed E-state index contributed by atoms with van der Waals surface area (Å²) in [6.07, 6.45) is -5.22. The summed E-state index contributed by atoms with van der Waals surface area (Å²) in [6.45, 7) is 0.292. The fourth-order valence-corrected chi connectivity index (χ4v) is 3.72. The number of halogens is 2. The number of nitrogens with two attached hydrogens (primary N) is 1. The van der Waals surface area contributed by atoms with Crippen molar-refractivity contribution in [3.63, 3.8) is 0 Å². The first-order chi connectivity index (χ1) is 13.0. The summed E-state index contributed by atoms with van der Waals surface area (Å²) in [6, 6.07) is 0. The number of aliphatic hydroxyl groups is 1. The van der Waals surface area contributed by atoms with Crippen LogP contribution in [0.3, 0.4) is 0 Å². The molecule has 28 heavy (non-hydrogen) atoms. The van der Waals surface area contributed by atoms with Gasteiger partial charge in [-0.05, 0) is 18.5 Å². The Hall–Kier alpha value is -1.73. The van der Waals surface area contributed by atoms with Crippen LogP contribution in [0.25, 0.3) is 11.2 Å². The maximum absolute atomic E-state index is 14.6. The zero-order chi connectivity index (χ0) is 20.8. The Morgan fingerprint density at radius 1 is 1.54 bits per heavy atom. The molecule has 1 fully saturated rings. The summed E-state index contributed by atoms with van der Waals surface area (Å²) in [7, 11) is -4.89. The number of fused-ring (bicyclic) bond motifs is 1. The molecule has 1 saturated heterocycles. The van der Waals surface area contributed by atoms with Crippen molar-refractivity contribution in [2.24, 2.45) is 0 Å². The Labute approximate surface area is 161 Å². The first-order valence-electron chi connectivity index (χ1n) is 7.81. The second kappa shape index (κ2) is 7.59. The molecule has 0 spiro atoms. The summed E-state index contributed by atoms with van der Waals surface area (Å²) >= 11 is 5.76. The molecular weight excluding hydrogens is 424 g/mol. The SMILES string of the molecule is CC(=O)[C@H](OC[C@H]1O[C@@H](n2cnc3c(N)nc(Cl)nc32)[C@@H](F)[C@@H]1O)P(=O)(O)O. The highest BCUT2D eigenvalue weighted by Gasteiger charge is 2.47. The molecule has 5 atom stereocenters. The first kappa shape index (κ1) is 21.0. The predicted molar refractivity (Wildman–Crippen MR) is 92.0 cm³/mol. The highest BCUT2D eigenvalue weighted by Crippen LogP contribution is 2.43. The van der Waals surface area contributed by atoms with Crippen molar-refractivity contribution in [2.45, 2.75) is 37.4 Å². The topological polar surface area (TPSA) is 183 Å². The van der Waals surface area contributed by atoms with E-state index >= 15 is 0 Å². The van der Waals surface area contributed by atoms with Gasteiger partial charge in [-0.2, -0.15) is 9.97 Å². The van der Waals surface area contributed by atoms with Gasteiger partial charge in [-0.1, -0.05) is 0 Å². The highest BCUT2D eigenvalue weighted by atomic mass is 35.5. The molecule has 0 amide bonds. The number of ketones is 1. The van der Waals surface area contributed by atoms with Crippen molar-refractivity contribution in [1.29, 1.82) is 0 Å². The molecule has 0 aliphatic carbocycles. The number of aromatic nitrogens is 4. The number of aliphatic hydroxyl groups excluding tert-OH is 1. The van der Waals surface area contributed by atoms with Gasteiger partial charge in [0.2, 0.25) is 11.1 Å². The molecule has 0 saturated carbocycles. The van der Waals surface area contributed by atoms with Crippen LogP contribution in [0.5, 0.6) is 0 Å². The molecule has 2 aromatic rings. The molecule has 15 heteroatoms. The van der Waals surface area contributed by atoms with Crippen LogP contribution in [-0.4, -0.2) is 71.0 Å².